The zero-order valence-corrected chi connectivity index (χ0v) is 17.0. The minimum Gasteiger partial charge on any atom is -0.486 e. The van der Waals surface area contributed by atoms with Crippen molar-refractivity contribution in [3.8, 4) is 11.5 Å². The predicted octanol–water partition coefficient (Wildman–Crippen LogP) is 4.21. The second-order valence-corrected chi connectivity index (χ2v) is 7.53. The molecule has 2 aromatic carbocycles. The summed E-state index contributed by atoms with van der Waals surface area (Å²) in [5.74, 6) is 1.62. The number of carbonyl (C=O) groups excluding carboxylic acids is 1. The maximum atomic E-state index is 12.8. The summed E-state index contributed by atoms with van der Waals surface area (Å²) in [7, 11) is 0. The molecule has 0 spiro atoms. The number of rotatable bonds is 5. The van der Waals surface area contributed by atoms with Crippen LogP contribution in [0.15, 0.2) is 59.2 Å². The SMILES string of the molecule is CC(C(=O)Nc1ccnn1Cc1cccc(Br)c1)c1ccc2c(c1)OCCO2. The zero-order chi connectivity index (χ0) is 19.5. The van der Waals surface area contributed by atoms with Crippen molar-refractivity contribution in [1.82, 2.24) is 9.78 Å². The van der Waals surface area contributed by atoms with Gasteiger partial charge in [-0.25, -0.2) is 4.68 Å². The number of halogens is 1. The van der Waals surface area contributed by atoms with Crippen LogP contribution in [-0.4, -0.2) is 28.9 Å². The molecule has 0 saturated heterocycles. The minimum atomic E-state index is -0.343. The molecule has 6 nitrogen and oxygen atoms in total. The Bertz CT molecular complexity index is 1000. The van der Waals surface area contributed by atoms with Crippen molar-refractivity contribution in [3.05, 3.63) is 70.3 Å². The van der Waals surface area contributed by atoms with E-state index in [2.05, 4.69) is 26.3 Å². The van der Waals surface area contributed by atoms with Gasteiger partial charge in [0.05, 0.1) is 18.7 Å². The second kappa shape index (κ2) is 8.06. The van der Waals surface area contributed by atoms with E-state index in [9.17, 15) is 4.79 Å². The Hall–Kier alpha value is -2.80. The summed E-state index contributed by atoms with van der Waals surface area (Å²) >= 11 is 3.48. The number of amides is 1. The van der Waals surface area contributed by atoms with Crippen molar-refractivity contribution in [2.75, 3.05) is 18.5 Å². The lowest BCUT2D eigenvalue weighted by molar-refractivity contribution is -0.117. The second-order valence-electron chi connectivity index (χ2n) is 6.62. The Balaban J connectivity index is 1.47. The Morgan fingerprint density at radius 3 is 2.82 bits per heavy atom. The molecule has 2 heterocycles. The quantitative estimate of drug-likeness (QED) is 0.643. The molecule has 0 fully saturated rings. The first-order chi connectivity index (χ1) is 13.6. The van der Waals surface area contributed by atoms with Crippen LogP contribution in [0, 0.1) is 0 Å². The highest BCUT2D eigenvalue weighted by molar-refractivity contribution is 9.10. The monoisotopic (exact) mass is 441 g/mol. The number of nitrogens with zero attached hydrogens (tertiary/aromatic N) is 2. The molecule has 1 aromatic heterocycles. The van der Waals surface area contributed by atoms with Gasteiger partial charge in [0.1, 0.15) is 19.0 Å². The van der Waals surface area contributed by atoms with Gasteiger partial charge in [-0.2, -0.15) is 5.10 Å². The highest BCUT2D eigenvalue weighted by Crippen LogP contribution is 2.33. The van der Waals surface area contributed by atoms with Crippen molar-refractivity contribution in [1.29, 1.82) is 0 Å². The van der Waals surface area contributed by atoms with Gasteiger partial charge in [0, 0.05) is 10.5 Å². The minimum absolute atomic E-state index is 0.104. The van der Waals surface area contributed by atoms with Crippen LogP contribution in [0.2, 0.25) is 0 Å². The van der Waals surface area contributed by atoms with Gasteiger partial charge in [-0.05, 0) is 42.3 Å². The predicted molar refractivity (Wildman–Crippen MR) is 110 cm³/mol. The summed E-state index contributed by atoms with van der Waals surface area (Å²) in [4.78, 5) is 12.8. The van der Waals surface area contributed by atoms with Gasteiger partial charge in [0.15, 0.2) is 11.5 Å². The largest absolute Gasteiger partial charge is 0.486 e. The molecule has 0 saturated carbocycles. The molecule has 144 valence electrons. The summed E-state index contributed by atoms with van der Waals surface area (Å²) < 4.78 is 13.9. The van der Waals surface area contributed by atoms with Gasteiger partial charge in [-0.3, -0.25) is 4.79 Å². The number of ether oxygens (including phenoxy) is 2. The molecule has 1 aliphatic heterocycles. The fourth-order valence-electron chi connectivity index (χ4n) is 3.09. The Morgan fingerprint density at radius 1 is 1.18 bits per heavy atom. The van der Waals surface area contributed by atoms with Crippen LogP contribution in [-0.2, 0) is 11.3 Å². The molecular formula is C21H20BrN3O3. The number of hydrogen-bond acceptors (Lipinski definition) is 4. The van der Waals surface area contributed by atoms with Crippen molar-refractivity contribution in [2.24, 2.45) is 0 Å². The van der Waals surface area contributed by atoms with Crippen LogP contribution in [0.3, 0.4) is 0 Å². The lowest BCUT2D eigenvalue weighted by Gasteiger charge is -2.20. The van der Waals surface area contributed by atoms with E-state index in [-0.39, 0.29) is 11.8 Å². The molecule has 0 aliphatic carbocycles. The van der Waals surface area contributed by atoms with E-state index in [1.54, 1.807) is 16.9 Å². The molecular weight excluding hydrogens is 422 g/mol. The van der Waals surface area contributed by atoms with Gasteiger partial charge in [0.25, 0.3) is 0 Å². The van der Waals surface area contributed by atoms with Crippen LogP contribution in [0.5, 0.6) is 11.5 Å². The van der Waals surface area contributed by atoms with E-state index < -0.39 is 0 Å². The lowest BCUT2D eigenvalue weighted by atomic mass is 9.99. The fraction of sp³-hybridized carbons (Fsp3) is 0.238. The van der Waals surface area contributed by atoms with Gasteiger partial charge in [0.2, 0.25) is 5.91 Å². The molecule has 1 aliphatic rings. The van der Waals surface area contributed by atoms with Gasteiger partial charge in [-0.15, -0.1) is 0 Å². The van der Waals surface area contributed by atoms with Crippen molar-refractivity contribution in [2.45, 2.75) is 19.4 Å². The van der Waals surface area contributed by atoms with Crippen LogP contribution in [0.1, 0.15) is 24.0 Å². The molecule has 28 heavy (non-hydrogen) atoms. The Kier molecular flexibility index (Phi) is 5.34. The number of fused-ring (bicyclic) bond motifs is 1. The third-order valence-electron chi connectivity index (χ3n) is 4.65. The number of benzene rings is 2. The maximum absolute atomic E-state index is 12.8. The highest BCUT2D eigenvalue weighted by atomic mass is 79.9. The molecule has 7 heteroatoms. The molecule has 0 bridgehead atoms. The summed E-state index contributed by atoms with van der Waals surface area (Å²) in [6.07, 6.45) is 1.68. The number of aromatic nitrogens is 2. The van der Waals surface area contributed by atoms with Crippen LogP contribution in [0.4, 0.5) is 5.82 Å². The average molecular weight is 442 g/mol. The van der Waals surface area contributed by atoms with Crippen molar-refractivity contribution < 1.29 is 14.3 Å². The molecule has 1 atom stereocenters. The summed E-state index contributed by atoms with van der Waals surface area (Å²) in [6, 6.07) is 15.4. The summed E-state index contributed by atoms with van der Waals surface area (Å²) in [5.41, 5.74) is 1.97. The van der Waals surface area contributed by atoms with Crippen LogP contribution < -0.4 is 14.8 Å². The molecule has 0 radical (unpaired) electrons. The van der Waals surface area contributed by atoms with E-state index in [0.717, 1.165) is 21.3 Å². The smallest absolute Gasteiger partial charge is 0.232 e. The topological polar surface area (TPSA) is 65.4 Å². The maximum Gasteiger partial charge on any atom is 0.232 e. The number of hydrogen-bond donors (Lipinski definition) is 1. The summed E-state index contributed by atoms with van der Waals surface area (Å²) in [5, 5.41) is 7.32. The van der Waals surface area contributed by atoms with E-state index >= 15 is 0 Å². The zero-order valence-electron chi connectivity index (χ0n) is 15.4. The van der Waals surface area contributed by atoms with E-state index in [1.165, 1.54) is 0 Å². The van der Waals surface area contributed by atoms with Gasteiger partial charge < -0.3 is 14.8 Å². The first kappa shape index (κ1) is 18.6. The van der Waals surface area contributed by atoms with Crippen LogP contribution >= 0.6 is 15.9 Å². The molecule has 1 unspecified atom stereocenters. The van der Waals surface area contributed by atoms with Crippen molar-refractivity contribution in [3.63, 3.8) is 0 Å². The first-order valence-electron chi connectivity index (χ1n) is 9.07. The molecule has 1 amide bonds. The lowest BCUT2D eigenvalue weighted by Crippen LogP contribution is -2.22. The first-order valence-corrected chi connectivity index (χ1v) is 9.86. The Morgan fingerprint density at radius 2 is 2.00 bits per heavy atom. The van der Waals surface area contributed by atoms with Crippen LogP contribution in [0.25, 0.3) is 0 Å². The fourth-order valence-corrected chi connectivity index (χ4v) is 3.53. The average Bonchev–Trinajstić information content (AvgIpc) is 3.13. The van der Waals surface area contributed by atoms with Gasteiger partial charge >= 0.3 is 0 Å². The van der Waals surface area contributed by atoms with E-state index in [1.807, 2.05) is 49.4 Å². The third-order valence-corrected chi connectivity index (χ3v) is 5.14. The summed E-state index contributed by atoms with van der Waals surface area (Å²) in [6.45, 7) is 3.51. The normalized spacial score (nSPS) is 13.8. The third kappa shape index (κ3) is 4.04. The standard InChI is InChI=1S/C21H20BrN3O3/c1-14(16-5-6-18-19(12-16)28-10-9-27-18)21(26)24-20-7-8-23-25(20)13-15-3-2-4-17(22)11-15/h2-8,11-12,14H,9-10,13H2,1H3,(H,24,26). The number of nitrogens with one attached hydrogen (secondary N) is 1. The molecule has 1 N–H and O–H groups in total. The number of carbonyl (C=O) groups is 1. The Labute approximate surface area is 171 Å². The number of anilines is 1. The van der Waals surface area contributed by atoms with E-state index in [0.29, 0.717) is 31.3 Å². The highest BCUT2D eigenvalue weighted by Gasteiger charge is 2.20. The van der Waals surface area contributed by atoms with Crippen molar-refractivity contribution >= 4 is 27.7 Å². The molecule has 3 aromatic rings. The molecule has 4 rings (SSSR count). The van der Waals surface area contributed by atoms with Gasteiger partial charge in [-0.1, -0.05) is 34.1 Å². The van der Waals surface area contributed by atoms with E-state index in [4.69, 9.17) is 9.47 Å².